The van der Waals surface area contributed by atoms with E-state index in [-0.39, 0.29) is 0 Å². The van der Waals surface area contributed by atoms with Gasteiger partial charge in [0.25, 0.3) is 12.6 Å². The van der Waals surface area contributed by atoms with Crippen LogP contribution < -0.4 is 0 Å². The van der Waals surface area contributed by atoms with Crippen LogP contribution in [0.3, 0.4) is 0 Å². The van der Waals surface area contributed by atoms with Gasteiger partial charge in [-0.2, -0.15) is 0 Å². The standard InChI is InChI=1S/C10H13F3O3/c11-7(8(14)9(12)13)10(15)16-6-4-2-1-3-5-6/h6-7,9H,1-5H2. The van der Waals surface area contributed by atoms with Crippen molar-refractivity contribution < 1.29 is 27.5 Å². The van der Waals surface area contributed by atoms with E-state index in [9.17, 15) is 22.8 Å². The molecule has 0 aromatic heterocycles. The predicted octanol–water partition coefficient (Wildman–Crippen LogP) is 2.03. The molecule has 0 heterocycles. The third-order valence-corrected chi connectivity index (χ3v) is 2.51. The Balaban J connectivity index is 2.41. The average molecular weight is 238 g/mol. The topological polar surface area (TPSA) is 43.4 Å². The summed E-state index contributed by atoms with van der Waals surface area (Å²) in [6.07, 6.45) is -2.85. The maximum Gasteiger partial charge on any atom is 0.349 e. The number of hydrogen-bond donors (Lipinski definition) is 0. The predicted molar refractivity (Wildman–Crippen MR) is 48.9 cm³/mol. The fourth-order valence-electron chi connectivity index (χ4n) is 1.63. The Hall–Kier alpha value is -1.07. The average Bonchev–Trinajstić information content (AvgIpc) is 2.28. The van der Waals surface area contributed by atoms with Gasteiger partial charge < -0.3 is 4.74 Å². The monoisotopic (exact) mass is 238 g/mol. The van der Waals surface area contributed by atoms with Gasteiger partial charge in [-0.3, -0.25) is 4.79 Å². The Bertz CT molecular complexity index is 262. The first kappa shape index (κ1) is 13.0. The van der Waals surface area contributed by atoms with Crippen molar-refractivity contribution in [2.75, 3.05) is 0 Å². The largest absolute Gasteiger partial charge is 0.460 e. The molecule has 1 saturated carbocycles. The third kappa shape index (κ3) is 3.50. The molecule has 16 heavy (non-hydrogen) atoms. The molecule has 0 radical (unpaired) electrons. The maximum atomic E-state index is 12.9. The van der Waals surface area contributed by atoms with E-state index in [0.717, 1.165) is 19.3 Å². The Morgan fingerprint density at radius 2 is 1.62 bits per heavy atom. The zero-order valence-corrected chi connectivity index (χ0v) is 8.63. The number of ketones is 1. The molecule has 1 fully saturated rings. The molecule has 0 spiro atoms. The van der Waals surface area contributed by atoms with Crippen molar-refractivity contribution in [3.63, 3.8) is 0 Å². The number of halogens is 3. The van der Waals surface area contributed by atoms with Crippen molar-refractivity contribution in [2.24, 2.45) is 0 Å². The number of rotatable bonds is 4. The number of alkyl halides is 3. The van der Waals surface area contributed by atoms with Crippen molar-refractivity contribution in [3.8, 4) is 0 Å². The Kier molecular flexibility index (Phi) is 4.76. The zero-order chi connectivity index (χ0) is 12.1. The van der Waals surface area contributed by atoms with Crippen molar-refractivity contribution in [3.05, 3.63) is 0 Å². The van der Waals surface area contributed by atoms with Gasteiger partial charge in [-0.25, -0.2) is 18.0 Å². The van der Waals surface area contributed by atoms with Crippen LogP contribution in [0, 0.1) is 0 Å². The smallest absolute Gasteiger partial charge is 0.349 e. The van der Waals surface area contributed by atoms with E-state index in [1.54, 1.807) is 0 Å². The van der Waals surface area contributed by atoms with E-state index in [0.29, 0.717) is 12.8 Å². The van der Waals surface area contributed by atoms with Crippen molar-refractivity contribution >= 4 is 11.8 Å². The Morgan fingerprint density at radius 3 is 2.12 bits per heavy atom. The van der Waals surface area contributed by atoms with Gasteiger partial charge in [0, 0.05) is 0 Å². The highest BCUT2D eigenvalue weighted by Gasteiger charge is 2.35. The number of Topliss-reactive ketones (excluding diaryl/α,β-unsaturated/α-hetero) is 1. The van der Waals surface area contributed by atoms with Crippen LogP contribution in [-0.4, -0.2) is 30.5 Å². The van der Waals surface area contributed by atoms with Gasteiger partial charge in [0.05, 0.1) is 0 Å². The van der Waals surface area contributed by atoms with Crippen molar-refractivity contribution in [2.45, 2.75) is 50.8 Å². The highest BCUT2D eigenvalue weighted by molar-refractivity contribution is 6.03. The first-order chi connectivity index (χ1) is 7.52. The highest BCUT2D eigenvalue weighted by Crippen LogP contribution is 2.21. The van der Waals surface area contributed by atoms with Crippen LogP contribution in [-0.2, 0) is 14.3 Å². The number of carbonyl (C=O) groups excluding carboxylic acids is 2. The van der Waals surface area contributed by atoms with Crippen LogP contribution >= 0.6 is 0 Å². The molecule has 1 aliphatic carbocycles. The normalized spacial score (nSPS) is 19.5. The molecule has 0 aromatic carbocycles. The Labute approximate surface area is 91.0 Å². The van der Waals surface area contributed by atoms with Gasteiger partial charge >= 0.3 is 5.97 Å². The van der Waals surface area contributed by atoms with Crippen molar-refractivity contribution in [1.29, 1.82) is 0 Å². The molecular weight excluding hydrogens is 225 g/mol. The quantitative estimate of drug-likeness (QED) is 0.556. The SMILES string of the molecule is O=C(OC1CCCCC1)C(F)C(=O)C(F)F. The molecule has 0 N–H and O–H groups in total. The Morgan fingerprint density at radius 1 is 1.06 bits per heavy atom. The second-order valence-corrected chi connectivity index (χ2v) is 3.76. The van der Waals surface area contributed by atoms with Gasteiger partial charge in [-0.15, -0.1) is 0 Å². The lowest BCUT2D eigenvalue weighted by atomic mass is 9.98. The number of ether oxygens (including phenoxy) is 1. The second kappa shape index (κ2) is 5.86. The third-order valence-electron chi connectivity index (χ3n) is 2.51. The molecule has 1 aliphatic rings. The van der Waals surface area contributed by atoms with Crippen LogP contribution in [0.4, 0.5) is 13.2 Å². The van der Waals surface area contributed by atoms with E-state index in [1.165, 1.54) is 0 Å². The molecule has 1 unspecified atom stereocenters. The van der Waals surface area contributed by atoms with Crippen LogP contribution in [0.25, 0.3) is 0 Å². The molecule has 0 bridgehead atoms. The summed E-state index contributed by atoms with van der Waals surface area (Å²) < 4.78 is 41.2. The fraction of sp³-hybridized carbons (Fsp3) is 0.800. The maximum absolute atomic E-state index is 12.9. The van der Waals surface area contributed by atoms with Gasteiger partial charge in [0.1, 0.15) is 6.10 Å². The summed E-state index contributed by atoms with van der Waals surface area (Å²) in [5.41, 5.74) is 0. The summed E-state index contributed by atoms with van der Waals surface area (Å²) in [4.78, 5) is 21.5. The lowest BCUT2D eigenvalue weighted by molar-refractivity contribution is -0.162. The first-order valence-electron chi connectivity index (χ1n) is 5.19. The molecule has 0 amide bonds. The van der Waals surface area contributed by atoms with Gasteiger partial charge in [-0.05, 0) is 25.7 Å². The molecule has 92 valence electrons. The van der Waals surface area contributed by atoms with E-state index < -0.39 is 30.5 Å². The molecule has 0 saturated heterocycles. The molecular formula is C10H13F3O3. The van der Waals surface area contributed by atoms with Crippen LogP contribution in [0.5, 0.6) is 0 Å². The van der Waals surface area contributed by atoms with Crippen LogP contribution in [0.15, 0.2) is 0 Å². The molecule has 1 atom stereocenters. The van der Waals surface area contributed by atoms with Crippen molar-refractivity contribution in [1.82, 2.24) is 0 Å². The summed E-state index contributed by atoms with van der Waals surface area (Å²) in [6.45, 7) is 0. The number of esters is 1. The second-order valence-electron chi connectivity index (χ2n) is 3.76. The summed E-state index contributed by atoms with van der Waals surface area (Å²) in [7, 11) is 0. The van der Waals surface area contributed by atoms with Gasteiger partial charge in [0.15, 0.2) is 0 Å². The molecule has 3 nitrogen and oxygen atoms in total. The van der Waals surface area contributed by atoms with Gasteiger partial charge in [0.2, 0.25) is 5.78 Å². The zero-order valence-electron chi connectivity index (χ0n) is 8.63. The number of carbonyl (C=O) groups is 2. The van der Waals surface area contributed by atoms with E-state index in [2.05, 4.69) is 4.74 Å². The minimum Gasteiger partial charge on any atom is -0.460 e. The minimum atomic E-state index is -3.48. The highest BCUT2D eigenvalue weighted by atomic mass is 19.3. The fourth-order valence-corrected chi connectivity index (χ4v) is 1.63. The molecule has 6 heteroatoms. The lowest BCUT2D eigenvalue weighted by Gasteiger charge is -2.22. The summed E-state index contributed by atoms with van der Waals surface area (Å²) >= 11 is 0. The van der Waals surface area contributed by atoms with E-state index in [1.807, 2.05) is 0 Å². The molecule has 1 rings (SSSR count). The lowest BCUT2D eigenvalue weighted by Crippen LogP contribution is -2.35. The van der Waals surface area contributed by atoms with Crippen LogP contribution in [0.1, 0.15) is 32.1 Å². The van der Waals surface area contributed by atoms with E-state index in [4.69, 9.17) is 0 Å². The van der Waals surface area contributed by atoms with Crippen LogP contribution in [0.2, 0.25) is 0 Å². The molecule has 0 aliphatic heterocycles. The van der Waals surface area contributed by atoms with E-state index >= 15 is 0 Å². The number of hydrogen-bond acceptors (Lipinski definition) is 3. The van der Waals surface area contributed by atoms with Gasteiger partial charge in [-0.1, -0.05) is 6.42 Å². The summed E-state index contributed by atoms with van der Waals surface area (Å²) in [6, 6.07) is 0. The summed E-state index contributed by atoms with van der Waals surface area (Å²) in [5, 5.41) is 0. The minimum absolute atomic E-state index is 0.440. The first-order valence-corrected chi connectivity index (χ1v) is 5.19. The molecule has 0 aromatic rings. The summed E-state index contributed by atoms with van der Waals surface area (Å²) in [5.74, 6) is -3.52.